The first-order valence-corrected chi connectivity index (χ1v) is 15.2. The molecule has 0 bridgehead atoms. The van der Waals surface area contributed by atoms with Crippen LogP contribution >= 0.6 is 0 Å². The van der Waals surface area contributed by atoms with Gasteiger partial charge in [-0.1, -0.05) is 123 Å². The van der Waals surface area contributed by atoms with Gasteiger partial charge in [-0.25, -0.2) is 0 Å². The van der Waals surface area contributed by atoms with Crippen molar-refractivity contribution in [2.75, 3.05) is 0 Å². The lowest BCUT2D eigenvalue weighted by Gasteiger charge is -2.23. The second-order valence-electron chi connectivity index (χ2n) is 12.6. The first kappa shape index (κ1) is 24.4. The average Bonchev–Trinajstić information content (AvgIpc) is 3.27. The van der Waals surface area contributed by atoms with E-state index in [2.05, 4.69) is 159 Å². The summed E-state index contributed by atoms with van der Waals surface area (Å²) in [5.74, 6) is 0. The molecular formula is C43H30. The lowest BCUT2D eigenvalue weighted by atomic mass is 9.80. The molecule has 0 aromatic heterocycles. The standard InChI is InChI=1S/C43H30/c1-43(2)41-25-33(35-15-7-13-31-21-27-9-3-5-11-29(27)23-39(31)35)17-19-37(41)38-20-18-34(26-42(38)43)36-16-8-14-32-22-28-10-4-6-12-30(28)24-40(32)36/h3-26H,1-2H3. The van der Waals surface area contributed by atoms with Crippen LogP contribution in [0.3, 0.4) is 0 Å². The molecule has 0 nitrogen and oxygen atoms in total. The number of hydrogen-bond donors (Lipinski definition) is 0. The number of rotatable bonds is 2. The molecule has 0 atom stereocenters. The highest BCUT2D eigenvalue weighted by molar-refractivity contribution is 6.07. The van der Waals surface area contributed by atoms with Gasteiger partial charge in [0.15, 0.2) is 0 Å². The molecule has 0 unspecified atom stereocenters. The summed E-state index contributed by atoms with van der Waals surface area (Å²) in [5, 5.41) is 10.3. The predicted molar refractivity (Wildman–Crippen MR) is 185 cm³/mol. The van der Waals surface area contributed by atoms with Gasteiger partial charge >= 0.3 is 0 Å². The molecule has 8 aromatic carbocycles. The molecule has 1 aliphatic rings. The molecule has 0 fully saturated rings. The SMILES string of the molecule is CC1(C)c2cc(-c3cccc4cc5ccccc5cc34)ccc2-c2ccc(-c3cccc4cc5ccccc5cc34)cc21. The van der Waals surface area contributed by atoms with Crippen LogP contribution in [0.5, 0.6) is 0 Å². The largest absolute Gasteiger partial charge is 0.0616 e. The minimum absolute atomic E-state index is 0.106. The quantitative estimate of drug-likeness (QED) is 0.189. The van der Waals surface area contributed by atoms with Crippen molar-refractivity contribution < 1.29 is 0 Å². The Hall–Kier alpha value is -5.20. The Kier molecular flexibility index (Phi) is 5.05. The highest BCUT2D eigenvalue weighted by Crippen LogP contribution is 2.51. The third kappa shape index (κ3) is 3.63. The van der Waals surface area contributed by atoms with Gasteiger partial charge in [-0.05, 0) is 124 Å². The fraction of sp³-hybridized carbons (Fsp3) is 0.0698. The van der Waals surface area contributed by atoms with Crippen LogP contribution in [-0.2, 0) is 5.41 Å². The van der Waals surface area contributed by atoms with Crippen molar-refractivity contribution in [1.29, 1.82) is 0 Å². The van der Waals surface area contributed by atoms with E-state index in [1.165, 1.54) is 87.6 Å². The summed E-state index contributed by atoms with van der Waals surface area (Å²) in [4.78, 5) is 0. The summed E-state index contributed by atoms with van der Waals surface area (Å²) >= 11 is 0. The maximum atomic E-state index is 2.45. The second kappa shape index (κ2) is 8.90. The zero-order valence-corrected chi connectivity index (χ0v) is 24.4. The normalized spacial score (nSPS) is 13.5. The van der Waals surface area contributed by atoms with E-state index in [9.17, 15) is 0 Å². The highest BCUT2D eigenvalue weighted by Gasteiger charge is 2.36. The third-order valence-electron chi connectivity index (χ3n) is 9.79. The predicted octanol–water partition coefficient (Wildman–Crippen LogP) is 11.9. The minimum Gasteiger partial charge on any atom is -0.0616 e. The van der Waals surface area contributed by atoms with Crippen molar-refractivity contribution in [1.82, 2.24) is 0 Å². The molecule has 0 N–H and O–H groups in total. The molecule has 0 spiro atoms. The van der Waals surface area contributed by atoms with E-state index in [1.54, 1.807) is 0 Å². The Balaban J connectivity index is 1.18. The molecule has 1 aliphatic carbocycles. The first-order chi connectivity index (χ1) is 21.0. The Bertz CT molecular complexity index is 2250. The van der Waals surface area contributed by atoms with Gasteiger partial charge in [-0.15, -0.1) is 0 Å². The van der Waals surface area contributed by atoms with Crippen molar-refractivity contribution in [2.45, 2.75) is 19.3 Å². The average molecular weight is 547 g/mol. The highest BCUT2D eigenvalue weighted by atomic mass is 14.4. The Morgan fingerprint density at radius 3 is 1.16 bits per heavy atom. The molecule has 0 radical (unpaired) electrons. The fourth-order valence-corrected chi connectivity index (χ4v) is 7.51. The molecule has 8 aromatic rings. The molecule has 0 heteroatoms. The van der Waals surface area contributed by atoms with E-state index in [0.29, 0.717) is 0 Å². The van der Waals surface area contributed by atoms with E-state index in [4.69, 9.17) is 0 Å². The van der Waals surface area contributed by atoms with Crippen LogP contribution in [0.2, 0.25) is 0 Å². The van der Waals surface area contributed by atoms with Gasteiger partial charge < -0.3 is 0 Å². The summed E-state index contributed by atoms with van der Waals surface area (Å²) in [6.45, 7) is 4.77. The molecule has 0 heterocycles. The monoisotopic (exact) mass is 546 g/mol. The molecule has 202 valence electrons. The van der Waals surface area contributed by atoms with E-state index >= 15 is 0 Å². The summed E-state index contributed by atoms with van der Waals surface area (Å²) in [5.41, 5.74) is 10.5. The third-order valence-corrected chi connectivity index (χ3v) is 9.79. The number of benzene rings is 8. The molecule has 0 saturated heterocycles. The maximum absolute atomic E-state index is 2.45. The minimum atomic E-state index is -0.106. The van der Waals surface area contributed by atoms with Crippen molar-refractivity contribution in [3.8, 4) is 33.4 Å². The van der Waals surface area contributed by atoms with Gasteiger partial charge in [0.05, 0.1) is 0 Å². The van der Waals surface area contributed by atoms with Gasteiger partial charge in [0.1, 0.15) is 0 Å². The summed E-state index contributed by atoms with van der Waals surface area (Å²) in [6.07, 6.45) is 0. The first-order valence-electron chi connectivity index (χ1n) is 15.2. The van der Waals surface area contributed by atoms with E-state index in [1.807, 2.05) is 0 Å². The van der Waals surface area contributed by atoms with E-state index < -0.39 is 0 Å². The maximum Gasteiger partial charge on any atom is 0.0159 e. The van der Waals surface area contributed by atoms with Gasteiger partial charge in [-0.3, -0.25) is 0 Å². The fourth-order valence-electron chi connectivity index (χ4n) is 7.51. The second-order valence-corrected chi connectivity index (χ2v) is 12.6. The molecule has 43 heavy (non-hydrogen) atoms. The van der Waals surface area contributed by atoms with E-state index in [0.717, 1.165) is 0 Å². The Morgan fingerprint density at radius 1 is 0.326 bits per heavy atom. The summed E-state index contributed by atoms with van der Waals surface area (Å²) in [7, 11) is 0. The topological polar surface area (TPSA) is 0 Å². The van der Waals surface area contributed by atoms with Crippen LogP contribution in [-0.4, -0.2) is 0 Å². The van der Waals surface area contributed by atoms with Crippen LogP contribution in [0.4, 0.5) is 0 Å². The van der Waals surface area contributed by atoms with Crippen LogP contribution in [0.15, 0.2) is 146 Å². The molecule has 0 amide bonds. The zero-order chi connectivity index (χ0) is 28.7. The zero-order valence-electron chi connectivity index (χ0n) is 24.4. The van der Waals surface area contributed by atoms with Gasteiger partial charge in [0, 0.05) is 5.41 Å². The van der Waals surface area contributed by atoms with Crippen LogP contribution in [0, 0.1) is 0 Å². The summed E-state index contributed by atoms with van der Waals surface area (Å²) < 4.78 is 0. The van der Waals surface area contributed by atoms with E-state index in [-0.39, 0.29) is 5.41 Å². The van der Waals surface area contributed by atoms with Crippen molar-refractivity contribution in [3.05, 3.63) is 157 Å². The Morgan fingerprint density at radius 2 is 0.721 bits per heavy atom. The van der Waals surface area contributed by atoms with Crippen LogP contribution in [0.1, 0.15) is 25.0 Å². The number of hydrogen-bond acceptors (Lipinski definition) is 0. The lowest BCUT2D eigenvalue weighted by molar-refractivity contribution is 0.661. The van der Waals surface area contributed by atoms with Gasteiger partial charge in [0.25, 0.3) is 0 Å². The van der Waals surface area contributed by atoms with Crippen LogP contribution in [0.25, 0.3) is 76.5 Å². The number of fused-ring (bicyclic) bond motifs is 7. The van der Waals surface area contributed by atoms with Gasteiger partial charge in [0.2, 0.25) is 0 Å². The summed E-state index contributed by atoms with van der Waals surface area (Å²) in [6, 6.07) is 54.3. The smallest absolute Gasteiger partial charge is 0.0159 e. The molecule has 9 rings (SSSR count). The molecular weight excluding hydrogens is 516 g/mol. The molecule has 0 aliphatic heterocycles. The van der Waals surface area contributed by atoms with Crippen molar-refractivity contribution in [3.63, 3.8) is 0 Å². The van der Waals surface area contributed by atoms with Gasteiger partial charge in [-0.2, -0.15) is 0 Å². The Labute approximate surface area is 251 Å². The van der Waals surface area contributed by atoms with Crippen molar-refractivity contribution >= 4 is 43.1 Å². The lowest BCUT2D eigenvalue weighted by Crippen LogP contribution is -2.15. The van der Waals surface area contributed by atoms with Crippen LogP contribution < -0.4 is 0 Å². The van der Waals surface area contributed by atoms with Crippen molar-refractivity contribution in [2.24, 2.45) is 0 Å². The molecule has 0 saturated carbocycles.